The minimum absolute atomic E-state index is 0.133. The molecule has 1 aliphatic heterocycles. The summed E-state index contributed by atoms with van der Waals surface area (Å²) in [4.78, 5) is 21.9. The van der Waals surface area contributed by atoms with E-state index in [9.17, 15) is 10.1 Å². The molecule has 0 atom stereocenters. The van der Waals surface area contributed by atoms with E-state index >= 15 is 0 Å². The van der Waals surface area contributed by atoms with Crippen molar-refractivity contribution in [1.29, 1.82) is 5.26 Å². The van der Waals surface area contributed by atoms with Gasteiger partial charge >= 0.3 is 0 Å². The molecule has 5 rings (SSSR count). The van der Waals surface area contributed by atoms with E-state index in [0.29, 0.717) is 44.0 Å². The van der Waals surface area contributed by atoms with Crippen LogP contribution in [0, 0.1) is 11.3 Å². The zero-order chi connectivity index (χ0) is 24.0. The lowest BCUT2D eigenvalue weighted by Gasteiger charge is -2.36. The highest BCUT2D eigenvalue weighted by Crippen LogP contribution is 2.35. The number of nitrogens with zero attached hydrogens (tertiary/aromatic N) is 4. The quantitative estimate of drug-likeness (QED) is 0.414. The summed E-state index contributed by atoms with van der Waals surface area (Å²) in [5, 5.41) is 10.0. The fraction of sp³-hybridized carbons (Fsp3) is 0.167. The maximum absolute atomic E-state index is 12.8. The van der Waals surface area contributed by atoms with Crippen LogP contribution in [-0.2, 0) is 11.2 Å². The number of pyridine rings is 1. The van der Waals surface area contributed by atoms with Crippen molar-refractivity contribution in [2.24, 2.45) is 0 Å². The second-order valence-electron chi connectivity index (χ2n) is 8.63. The Hall–Kier alpha value is -4.43. The number of amides is 1. The molecule has 0 spiro atoms. The van der Waals surface area contributed by atoms with Crippen molar-refractivity contribution in [3.05, 3.63) is 108 Å². The third-order valence-corrected chi connectivity index (χ3v) is 6.38. The smallest absolute Gasteiger partial charge is 0.227 e. The van der Waals surface area contributed by atoms with Gasteiger partial charge in [-0.25, -0.2) is 4.98 Å². The Labute approximate surface area is 205 Å². The van der Waals surface area contributed by atoms with E-state index < -0.39 is 0 Å². The van der Waals surface area contributed by atoms with Crippen molar-refractivity contribution in [2.75, 3.05) is 31.1 Å². The van der Waals surface area contributed by atoms with Gasteiger partial charge in [0.1, 0.15) is 11.9 Å². The van der Waals surface area contributed by atoms with E-state index in [1.807, 2.05) is 102 Å². The van der Waals surface area contributed by atoms with Crippen LogP contribution >= 0.6 is 0 Å². The maximum Gasteiger partial charge on any atom is 0.227 e. The molecule has 5 heteroatoms. The number of carbonyl (C=O) groups is 1. The molecule has 1 aromatic heterocycles. The van der Waals surface area contributed by atoms with E-state index in [4.69, 9.17) is 4.98 Å². The third-order valence-electron chi connectivity index (χ3n) is 6.38. The molecule has 4 aromatic rings. The zero-order valence-electron chi connectivity index (χ0n) is 19.5. The maximum atomic E-state index is 12.8. The second kappa shape index (κ2) is 10.2. The minimum atomic E-state index is 0.133. The number of nitriles is 1. The van der Waals surface area contributed by atoms with Crippen LogP contribution in [-0.4, -0.2) is 42.0 Å². The van der Waals surface area contributed by atoms with Gasteiger partial charge in [0.2, 0.25) is 5.91 Å². The Kier molecular flexibility index (Phi) is 6.54. The number of piperazine rings is 1. The number of hydrogen-bond acceptors (Lipinski definition) is 4. The number of rotatable bonds is 5. The predicted molar refractivity (Wildman–Crippen MR) is 139 cm³/mol. The van der Waals surface area contributed by atoms with Gasteiger partial charge in [0.25, 0.3) is 0 Å². The monoisotopic (exact) mass is 458 g/mol. The first-order chi connectivity index (χ1) is 17.2. The predicted octanol–water partition coefficient (Wildman–Crippen LogP) is 5.18. The molecule has 0 unspecified atom stereocenters. The standard InChI is InChI=1S/C30H26N4O/c31-22-26-21-27(24-12-6-2-7-13-24)29(25-14-8-3-9-15-25)32-30(26)34-18-16-33(17-19-34)28(35)20-23-10-4-1-5-11-23/h1-15,21H,16-20H2. The van der Waals surface area contributed by atoms with Gasteiger partial charge in [-0.05, 0) is 17.2 Å². The van der Waals surface area contributed by atoms with Gasteiger partial charge in [0.15, 0.2) is 0 Å². The fourth-order valence-corrected chi connectivity index (χ4v) is 4.53. The number of aromatic nitrogens is 1. The summed E-state index contributed by atoms with van der Waals surface area (Å²) in [6.45, 7) is 2.50. The highest BCUT2D eigenvalue weighted by molar-refractivity contribution is 5.84. The van der Waals surface area contributed by atoms with E-state index in [2.05, 4.69) is 11.0 Å². The van der Waals surface area contributed by atoms with Gasteiger partial charge in [0, 0.05) is 37.3 Å². The molecule has 1 amide bonds. The second-order valence-corrected chi connectivity index (χ2v) is 8.63. The average Bonchev–Trinajstić information content (AvgIpc) is 2.94. The number of anilines is 1. The van der Waals surface area contributed by atoms with Crippen LogP contribution in [0.5, 0.6) is 0 Å². The number of benzene rings is 3. The third kappa shape index (κ3) is 4.92. The van der Waals surface area contributed by atoms with Crippen molar-refractivity contribution in [3.63, 3.8) is 0 Å². The molecular formula is C30H26N4O. The molecular weight excluding hydrogens is 432 g/mol. The molecule has 5 nitrogen and oxygen atoms in total. The van der Waals surface area contributed by atoms with Crippen molar-refractivity contribution in [1.82, 2.24) is 9.88 Å². The lowest BCUT2D eigenvalue weighted by atomic mass is 9.97. The molecule has 0 saturated carbocycles. The van der Waals surface area contributed by atoms with Gasteiger partial charge in [0.05, 0.1) is 17.7 Å². The van der Waals surface area contributed by atoms with Crippen LogP contribution < -0.4 is 4.90 Å². The summed E-state index contributed by atoms with van der Waals surface area (Å²) in [6.07, 6.45) is 0.409. The van der Waals surface area contributed by atoms with Crippen LogP contribution in [0.25, 0.3) is 22.4 Å². The van der Waals surface area contributed by atoms with Gasteiger partial charge in [-0.2, -0.15) is 5.26 Å². The summed E-state index contributed by atoms with van der Waals surface area (Å²) >= 11 is 0. The number of hydrogen-bond donors (Lipinski definition) is 0. The molecule has 0 aliphatic carbocycles. The van der Waals surface area contributed by atoms with Gasteiger partial charge < -0.3 is 9.80 Å². The van der Waals surface area contributed by atoms with Crippen molar-refractivity contribution in [2.45, 2.75) is 6.42 Å². The normalized spacial score (nSPS) is 13.3. The molecule has 1 fully saturated rings. The minimum Gasteiger partial charge on any atom is -0.352 e. The van der Waals surface area contributed by atoms with E-state index in [0.717, 1.165) is 27.9 Å². The molecule has 35 heavy (non-hydrogen) atoms. The van der Waals surface area contributed by atoms with Gasteiger partial charge in [-0.3, -0.25) is 4.79 Å². The first-order valence-electron chi connectivity index (χ1n) is 11.9. The van der Waals surface area contributed by atoms with Crippen molar-refractivity contribution < 1.29 is 4.79 Å². The molecule has 3 aromatic carbocycles. The van der Waals surface area contributed by atoms with Crippen LogP contribution in [0.1, 0.15) is 11.1 Å². The topological polar surface area (TPSA) is 60.2 Å². The van der Waals surface area contributed by atoms with Crippen LogP contribution in [0.15, 0.2) is 97.1 Å². The van der Waals surface area contributed by atoms with E-state index in [-0.39, 0.29) is 5.91 Å². The average molecular weight is 459 g/mol. The highest BCUT2D eigenvalue weighted by Gasteiger charge is 2.25. The first-order valence-corrected chi connectivity index (χ1v) is 11.9. The van der Waals surface area contributed by atoms with Gasteiger partial charge in [-0.1, -0.05) is 91.0 Å². The van der Waals surface area contributed by atoms with Crippen LogP contribution in [0.4, 0.5) is 5.82 Å². The SMILES string of the molecule is N#Cc1cc(-c2ccccc2)c(-c2ccccc2)nc1N1CCN(C(=O)Cc2ccccc2)CC1. The summed E-state index contributed by atoms with van der Waals surface area (Å²) in [5.41, 5.74) is 5.40. The Morgan fingerprint density at radius 1 is 0.800 bits per heavy atom. The Bertz CT molecular complexity index is 1340. The van der Waals surface area contributed by atoms with E-state index in [1.165, 1.54) is 0 Å². The zero-order valence-corrected chi connectivity index (χ0v) is 19.5. The molecule has 0 bridgehead atoms. The Morgan fingerprint density at radius 3 is 1.97 bits per heavy atom. The summed E-state index contributed by atoms with van der Waals surface area (Å²) in [6, 6.07) is 34.3. The molecule has 0 radical (unpaired) electrons. The van der Waals surface area contributed by atoms with E-state index in [1.54, 1.807) is 0 Å². The summed E-state index contributed by atoms with van der Waals surface area (Å²) < 4.78 is 0. The Balaban J connectivity index is 1.42. The largest absolute Gasteiger partial charge is 0.352 e. The van der Waals surface area contributed by atoms with Crippen molar-refractivity contribution >= 4 is 11.7 Å². The molecule has 2 heterocycles. The Morgan fingerprint density at radius 2 is 1.37 bits per heavy atom. The van der Waals surface area contributed by atoms with Crippen LogP contribution in [0.3, 0.4) is 0 Å². The lowest BCUT2D eigenvalue weighted by Crippen LogP contribution is -2.49. The highest BCUT2D eigenvalue weighted by atomic mass is 16.2. The fourth-order valence-electron chi connectivity index (χ4n) is 4.53. The van der Waals surface area contributed by atoms with Gasteiger partial charge in [-0.15, -0.1) is 0 Å². The molecule has 1 saturated heterocycles. The summed E-state index contributed by atoms with van der Waals surface area (Å²) in [5.74, 6) is 0.815. The van der Waals surface area contributed by atoms with Crippen LogP contribution in [0.2, 0.25) is 0 Å². The summed E-state index contributed by atoms with van der Waals surface area (Å²) in [7, 11) is 0. The van der Waals surface area contributed by atoms with Crippen molar-refractivity contribution in [3.8, 4) is 28.5 Å². The molecule has 0 N–H and O–H groups in total. The number of carbonyl (C=O) groups excluding carboxylic acids is 1. The molecule has 172 valence electrons. The molecule has 1 aliphatic rings. The first kappa shape index (κ1) is 22.4. The lowest BCUT2D eigenvalue weighted by molar-refractivity contribution is -0.130.